The standard InChI is InChI=1S/C14H18N2O4/c1-9-14(18)16-11-7-10(3-4-12(11)20-9)8-13(17)15-5-6-19-2/h3-4,7,9H,5-6,8H2,1-2H3,(H,15,17)(H,16,18). The summed E-state index contributed by atoms with van der Waals surface area (Å²) in [6.45, 7) is 2.66. The predicted molar refractivity (Wildman–Crippen MR) is 73.8 cm³/mol. The molecule has 1 aromatic rings. The van der Waals surface area contributed by atoms with Crippen molar-refractivity contribution in [2.45, 2.75) is 19.4 Å². The highest BCUT2D eigenvalue weighted by Crippen LogP contribution is 2.30. The van der Waals surface area contributed by atoms with Gasteiger partial charge in [0.2, 0.25) is 5.91 Å². The topological polar surface area (TPSA) is 76.7 Å². The summed E-state index contributed by atoms with van der Waals surface area (Å²) in [7, 11) is 1.58. The Morgan fingerprint density at radius 1 is 1.50 bits per heavy atom. The molecule has 0 bridgehead atoms. The van der Waals surface area contributed by atoms with Gasteiger partial charge in [-0.05, 0) is 24.6 Å². The van der Waals surface area contributed by atoms with Crippen molar-refractivity contribution in [1.82, 2.24) is 5.32 Å². The second-order valence-electron chi connectivity index (χ2n) is 4.60. The van der Waals surface area contributed by atoms with Crippen LogP contribution in [-0.4, -0.2) is 38.2 Å². The van der Waals surface area contributed by atoms with Gasteiger partial charge in [0.25, 0.3) is 5.91 Å². The first-order valence-electron chi connectivity index (χ1n) is 6.46. The smallest absolute Gasteiger partial charge is 0.265 e. The van der Waals surface area contributed by atoms with Crippen molar-refractivity contribution in [1.29, 1.82) is 0 Å². The molecule has 0 saturated carbocycles. The fourth-order valence-corrected chi connectivity index (χ4v) is 1.91. The lowest BCUT2D eigenvalue weighted by Crippen LogP contribution is -2.34. The fraction of sp³-hybridized carbons (Fsp3) is 0.429. The van der Waals surface area contributed by atoms with E-state index in [-0.39, 0.29) is 18.2 Å². The van der Waals surface area contributed by atoms with Crippen molar-refractivity contribution in [3.8, 4) is 5.75 Å². The van der Waals surface area contributed by atoms with E-state index >= 15 is 0 Å². The van der Waals surface area contributed by atoms with E-state index in [0.29, 0.717) is 24.6 Å². The highest BCUT2D eigenvalue weighted by Gasteiger charge is 2.23. The Hall–Kier alpha value is -2.08. The lowest BCUT2D eigenvalue weighted by atomic mass is 10.1. The van der Waals surface area contributed by atoms with Crippen LogP contribution in [0.25, 0.3) is 0 Å². The maximum absolute atomic E-state index is 11.7. The molecule has 0 saturated heterocycles. The third-order valence-electron chi connectivity index (χ3n) is 2.97. The Morgan fingerprint density at radius 2 is 2.30 bits per heavy atom. The molecule has 1 atom stereocenters. The molecule has 1 aliphatic rings. The molecule has 2 rings (SSSR count). The van der Waals surface area contributed by atoms with Gasteiger partial charge in [0.15, 0.2) is 6.10 Å². The van der Waals surface area contributed by atoms with Crippen LogP contribution in [0, 0.1) is 0 Å². The third kappa shape index (κ3) is 3.48. The van der Waals surface area contributed by atoms with Crippen LogP contribution >= 0.6 is 0 Å². The number of anilines is 1. The zero-order valence-corrected chi connectivity index (χ0v) is 11.6. The maximum atomic E-state index is 11.7. The number of methoxy groups -OCH3 is 1. The molecule has 2 amide bonds. The molecule has 0 aliphatic carbocycles. The number of ether oxygens (including phenoxy) is 2. The predicted octanol–water partition coefficient (Wildman–Crippen LogP) is 0.711. The van der Waals surface area contributed by atoms with Gasteiger partial charge in [-0.1, -0.05) is 6.07 Å². The highest BCUT2D eigenvalue weighted by atomic mass is 16.5. The van der Waals surface area contributed by atoms with Crippen LogP contribution in [0.2, 0.25) is 0 Å². The van der Waals surface area contributed by atoms with Gasteiger partial charge in [-0.15, -0.1) is 0 Å². The minimum absolute atomic E-state index is 0.0848. The van der Waals surface area contributed by atoms with Crippen LogP contribution in [0.1, 0.15) is 12.5 Å². The molecule has 20 heavy (non-hydrogen) atoms. The van der Waals surface area contributed by atoms with Crippen molar-refractivity contribution in [2.24, 2.45) is 0 Å². The summed E-state index contributed by atoms with van der Waals surface area (Å²) in [4.78, 5) is 23.2. The van der Waals surface area contributed by atoms with E-state index < -0.39 is 6.10 Å². The molecule has 2 N–H and O–H groups in total. The van der Waals surface area contributed by atoms with Gasteiger partial charge in [-0.3, -0.25) is 9.59 Å². The van der Waals surface area contributed by atoms with Crippen LogP contribution in [0.5, 0.6) is 5.75 Å². The van der Waals surface area contributed by atoms with E-state index in [0.717, 1.165) is 5.56 Å². The second-order valence-corrected chi connectivity index (χ2v) is 4.60. The van der Waals surface area contributed by atoms with E-state index in [4.69, 9.17) is 9.47 Å². The fourth-order valence-electron chi connectivity index (χ4n) is 1.91. The monoisotopic (exact) mass is 278 g/mol. The van der Waals surface area contributed by atoms with Gasteiger partial charge in [-0.25, -0.2) is 0 Å². The Labute approximate surface area is 117 Å². The van der Waals surface area contributed by atoms with Crippen molar-refractivity contribution in [2.75, 3.05) is 25.6 Å². The van der Waals surface area contributed by atoms with Gasteiger partial charge in [0.1, 0.15) is 5.75 Å². The Bertz CT molecular complexity index is 516. The average molecular weight is 278 g/mol. The zero-order valence-electron chi connectivity index (χ0n) is 11.6. The highest BCUT2D eigenvalue weighted by molar-refractivity contribution is 5.97. The lowest BCUT2D eigenvalue weighted by Gasteiger charge is -2.23. The average Bonchev–Trinajstić information content (AvgIpc) is 2.41. The van der Waals surface area contributed by atoms with E-state index in [1.54, 1.807) is 26.2 Å². The molecule has 1 aliphatic heterocycles. The molecule has 0 spiro atoms. The zero-order chi connectivity index (χ0) is 14.5. The van der Waals surface area contributed by atoms with E-state index in [2.05, 4.69) is 10.6 Å². The van der Waals surface area contributed by atoms with E-state index in [1.807, 2.05) is 6.07 Å². The first-order chi connectivity index (χ1) is 9.60. The summed E-state index contributed by atoms with van der Waals surface area (Å²) < 4.78 is 10.3. The summed E-state index contributed by atoms with van der Waals surface area (Å²) in [5.74, 6) is 0.359. The maximum Gasteiger partial charge on any atom is 0.265 e. The number of hydrogen-bond acceptors (Lipinski definition) is 4. The molecule has 1 aromatic carbocycles. The van der Waals surface area contributed by atoms with Crippen LogP contribution in [0.4, 0.5) is 5.69 Å². The molecular weight excluding hydrogens is 260 g/mol. The number of hydrogen-bond donors (Lipinski definition) is 2. The first kappa shape index (κ1) is 14.3. The molecular formula is C14H18N2O4. The quantitative estimate of drug-likeness (QED) is 0.778. The number of nitrogens with one attached hydrogen (secondary N) is 2. The summed E-state index contributed by atoms with van der Waals surface area (Å²) in [5.41, 5.74) is 1.42. The van der Waals surface area contributed by atoms with Crippen LogP contribution in [0.3, 0.4) is 0 Å². The second kappa shape index (κ2) is 6.38. The number of fused-ring (bicyclic) bond motifs is 1. The summed E-state index contributed by atoms with van der Waals surface area (Å²) in [6, 6.07) is 5.34. The van der Waals surface area contributed by atoms with Crippen molar-refractivity contribution >= 4 is 17.5 Å². The molecule has 6 heteroatoms. The number of benzene rings is 1. The van der Waals surface area contributed by atoms with Gasteiger partial charge in [-0.2, -0.15) is 0 Å². The van der Waals surface area contributed by atoms with Crippen molar-refractivity contribution in [3.63, 3.8) is 0 Å². The number of carbonyl (C=O) groups excluding carboxylic acids is 2. The number of rotatable bonds is 5. The molecule has 0 aromatic heterocycles. The molecule has 0 radical (unpaired) electrons. The lowest BCUT2D eigenvalue weighted by molar-refractivity contribution is -0.122. The third-order valence-corrected chi connectivity index (χ3v) is 2.97. The summed E-state index contributed by atoms with van der Waals surface area (Å²) in [5, 5.41) is 5.51. The van der Waals surface area contributed by atoms with Gasteiger partial charge >= 0.3 is 0 Å². The van der Waals surface area contributed by atoms with Crippen LogP contribution in [-0.2, 0) is 20.7 Å². The van der Waals surface area contributed by atoms with Crippen LogP contribution in [0.15, 0.2) is 18.2 Å². The molecule has 1 heterocycles. The van der Waals surface area contributed by atoms with Gasteiger partial charge < -0.3 is 20.1 Å². The number of amides is 2. The first-order valence-corrected chi connectivity index (χ1v) is 6.46. The Kier molecular flexibility index (Phi) is 4.57. The minimum Gasteiger partial charge on any atom is -0.479 e. The van der Waals surface area contributed by atoms with Crippen LogP contribution < -0.4 is 15.4 Å². The Balaban J connectivity index is 1.99. The summed E-state index contributed by atoms with van der Waals surface area (Å²) in [6.07, 6.45) is -0.242. The van der Waals surface area contributed by atoms with Crippen molar-refractivity contribution in [3.05, 3.63) is 23.8 Å². The minimum atomic E-state index is -0.495. The van der Waals surface area contributed by atoms with E-state index in [1.165, 1.54) is 0 Å². The summed E-state index contributed by atoms with van der Waals surface area (Å²) >= 11 is 0. The van der Waals surface area contributed by atoms with Crippen molar-refractivity contribution < 1.29 is 19.1 Å². The normalized spacial score (nSPS) is 16.9. The number of carbonyl (C=O) groups is 2. The SMILES string of the molecule is COCCNC(=O)Cc1ccc2c(c1)NC(=O)C(C)O2. The van der Waals surface area contributed by atoms with Gasteiger partial charge in [0, 0.05) is 13.7 Å². The molecule has 108 valence electrons. The van der Waals surface area contributed by atoms with E-state index in [9.17, 15) is 9.59 Å². The molecule has 1 unspecified atom stereocenters. The van der Waals surface area contributed by atoms with Gasteiger partial charge in [0.05, 0.1) is 18.7 Å². The molecule has 6 nitrogen and oxygen atoms in total. The molecule has 0 fully saturated rings. The Morgan fingerprint density at radius 3 is 3.05 bits per heavy atom. The largest absolute Gasteiger partial charge is 0.479 e.